The van der Waals surface area contributed by atoms with Crippen molar-refractivity contribution in [1.29, 1.82) is 0 Å². The molecule has 4 rings (SSSR count). The number of benzene rings is 2. The Kier molecular flexibility index (Phi) is 4.11. The Hall–Kier alpha value is -2.13. The van der Waals surface area contributed by atoms with Gasteiger partial charge >= 0.3 is 0 Å². The van der Waals surface area contributed by atoms with Crippen molar-refractivity contribution in [3.8, 4) is 0 Å². The normalized spacial score (nSPS) is 24.3. The fraction of sp³-hybridized carbons (Fsp3) is 0.381. The Balaban J connectivity index is 1.63. The molecule has 0 radical (unpaired) electrons. The summed E-state index contributed by atoms with van der Waals surface area (Å²) in [6, 6.07) is 17.9. The summed E-state index contributed by atoms with van der Waals surface area (Å²) < 4.78 is 0. The van der Waals surface area contributed by atoms with E-state index in [1.165, 1.54) is 22.4 Å². The molecule has 0 fully saturated rings. The molecule has 0 aromatic heterocycles. The summed E-state index contributed by atoms with van der Waals surface area (Å²) in [5, 5.41) is 7.22. The molecule has 3 nitrogen and oxygen atoms in total. The van der Waals surface area contributed by atoms with Crippen molar-refractivity contribution in [3.05, 3.63) is 65.2 Å². The van der Waals surface area contributed by atoms with Crippen molar-refractivity contribution < 1.29 is 4.79 Å². The molecular formula is C21H24N2O. The van der Waals surface area contributed by atoms with Gasteiger partial charge in [0.1, 0.15) is 5.78 Å². The van der Waals surface area contributed by atoms with Crippen LogP contribution in [0, 0.1) is 0 Å². The third-order valence-corrected chi connectivity index (χ3v) is 5.46. The first-order valence-electron chi connectivity index (χ1n) is 8.97. The molecule has 1 aliphatic heterocycles. The van der Waals surface area contributed by atoms with Gasteiger partial charge < -0.3 is 10.6 Å². The lowest BCUT2D eigenvalue weighted by Gasteiger charge is -2.31. The smallest absolute Gasteiger partial charge is 0.146 e. The molecule has 0 bridgehead atoms. The van der Waals surface area contributed by atoms with Crippen molar-refractivity contribution in [3.63, 3.8) is 0 Å². The van der Waals surface area contributed by atoms with E-state index in [1.807, 2.05) is 6.92 Å². The Bertz CT molecular complexity index is 741. The lowest BCUT2D eigenvalue weighted by Crippen LogP contribution is -2.31. The fourth-order valence-corrected chi connectivity index (χ4v) is 4.22. The molecule has 2 N–H and O–H groups in total. The number of carbonyl (C=O) groups excluding carboxylic acids is 1. The first-order chi connectivity index (χ1) is 11.8. The highest BCUT2D eigenvalue weighted by Gasteiger charge is 2.39. The van der Waals surface area contributed by atoms with Crippen molar-refractivity contribution in [2.75, 3.05) is 11.9 Å². The number of nitrogens with one attached hydrogen (secondary N) is 2. The molecule has 2 aliphatic rings. The van der Waals surface area contributed by atoms with E-state index in [-0.39, 0.29) is 5.78 Å². The summed E-state index contributed by atoms with van der Waals surface area (Å²) in [6.45, 7) is 2.40. The monoisotopic (exact) mass is 320 g/mol. The maximum Gasteiger partial charge on any atom is 0.146 e. The van der Waals surface area contributed by atoms with Crippen LogP contribution in [-0.4, -0.2) is 12.3 Å². The van der Waals surface area contributed by atoms with Crippen molar-refractivity contribution >= 4 is 11.5 Å². The molecular weight excluding hydrogens is 296 g/mol. The zero-order chi connectivity index (χ0) is 16.5. The average molecular weight is 320 g/mol. The standard InChI is InChI=1S/C21H24N2O/c1-2-15(24)13-22-18-12-11-17-20-16(18)9-6-10-19(20)23-21(17)14-7-4-3-5-8-14/h3-10,17-18,21-23H,2,11-13H2,1H3. The van der Waals surface area contributed by atoms with Gasteiger partial charge in [-0.1, -0.05) is 49.4 Å². The van der Waals surface area contributed by atoms with E-state index >= 15 is 0 Å². The second-order valence-electron chi connectivity index (χ2n) is 6.85. The molecule has 1 aliphatic carbocycles. The molecule has 3 unspecified atom stereocenters. The van der Waals surface area contributed by atoms with Gasteiger partial charge in [0.25, 0.3) is 0 Å². The molecule has 2 aromatic rings. The van der Waals surface area contributed by atoms with Gasteiger partial charge in [-0.2, -0.15) is 0 Å². The highest BCUT2D eigenvalue weighted by atomic mass is 16.1. The Morgan fingerprint density at radius 2 is 1.96 bits per heavy atom. The van der Waals surface area contributed by atoms with Crippen LogP contribution in [0.5, 0.6) is 0 Å². The van der Waals surface area contributed by atoms with Gasteiger partial charge in [0.05, 0.1) is 12.6 Å². The predicted molar refractivity (Wildman–Crippen MR) is 97.3 cm³/mol. The quantitative estimate of drug-likeness (QED) is 0.861. The van der Waals surface area contributed by atoms with Crippen LogP contribution in [0.25, 0.3) is 0 Å². The van der Waals surface area contributed by atoms with Gasteiger partial charge in [0.15, 0.2) is 0 Å². The van der Waals surface area contributed by atoms with E-state index in [1.54, 1.807) is 0 Å². The number of hydrogen-bond acceptors (Lipinski definition) is 3. The van der Waals surface area contributed by atoms with Gasteiger partial charge in [0.2, 0.25) is 0 Å². The first kappa shape index (κ1) is 15.4. The molecule has 24 heavy (non-hydrogen) atoms. The molecule has 3 atom stereocenters. The van der Waals surface area contributed by atoms with E-state index in [2.05, 4.69) is 59.2 Å². The Morgan fingerprint density at radius 1 is 1.12 bits per heavy atom. The molecule has 0 saturated heterocycles. The maximum absolute atomic E-state index is 11.7. The first-order valence-corrected chi connectivity index (χ1v) is 8.97. The number of carbonyl (C=O) groups is 1. The van der Waals surface area contributed by atoms with E-state index in [0.717, 1.165) is 12.8 Å². The van der Waals surface area contributed by atoms with Crippen LogP contribution >= 0.6 is 0 Å². The molecule has 0 amide bonds. The van der Waals surface area contributed by atoms with Crippen LogP contribution in [0.15, 0.2) is 48.5 Å². The second kappa shape index (κ2) is 6.40. The molecule has 0 saturated carbocycles. The van der Waals surface area contributed by atoms with Crippen molar-refractivity contribution in [2.45, 2.75) is 44.2 Å². The minimum atomic E-state index is 0.282. The van der Waals surface area contributed by atoms with Crippen LogP contribution in [-0.2, 0) is 4.79 Å². The highest BCUT2D eigenvalue weighted by molar-refractivity contribution is 5.80. The highest BCUT2D eigenvalue weighted by Crippen LogP contribution is 2.52. The summed E-state index contributed by atoms with van der Waals surface area (Å²) in [6.07, 6.45) is 2.84. The summed E-state index contributed by atoms with van der Waals surface area (Å²) in [4.78, 5) is 11.7. The Morgan fingerprint density at radius 3 is 2.75 bits per heavy atom. The molecule has 3 heteroatoms. The maximum atomic E-state index is 11.7. The van der Waals surface area contributed by atoms with E-state index in [0.29, 0.717) is 31.0 Å². The minimum Gasteiger partial charge on any atom is -0.377 e. The lowest BCUT2D eigenvalue weighted by atomic mass is 9.77. The third kappa shape index (κ3) is 2.63. The Labute approximate surface area is 143 Å². The third-order valence-electron chi connectivity index (χ3n) is 5.46. The summed E-state index contributed by atoms with van der Waals surface area (Å²) in [5.41, 5.74) is 5.45. The second-order valence-corrected chi connectivity index (χ2v) is 6.85. The van der Waals surface area contributed by atoms with Crippen LogP contribution in [0.4, 0.5) is 5.69 Å². The molecule has 1 heterocycles. The number of rotatable bonds is 5. The van der Waals surface area contributed by atoms with Gasteiger partial charge in [-0.25, -0.2) is 0 Å². The topological polar surface area (TPSA) is 41.1 Å². The average Bonchev–Trinajstić information content (AvgIpc) is 3.02. The van der Waals surface area contributed by atoms with Gasteiger partial charge in [-0.05, 0) is 35.6 Å². The summed E-state index contributed by atoms with van der Waals surface area (Å²) in [7, 11) is 0. The number of hydrogen-bond donors (Lipinski definition) is 2. The number of Topliss-reactive ketones (excluding diaryl/α,β-unsaturated/α-hetero) is 1. The van der Waals surface area contributed by atoms with E-state index in [9.17, 15) is 4.79 Å². The van der Waals surface area contributed by atoms with E-state index in [4.69, 9.17) is 0 Å². The van der Waals surface area contributed by atoms with Crippen LogP contribution in [0.2, 0.25) is 0 Å². The SMILES string of the molecule is CCC(=O)CNC1CCC2c3c(cccc31)NC2c1ccccc1. The fourth-order valence-electron chi connectivity index (χ4n) is 4.22. The van der Waals surface area contributed by atoms with Crippen molar-refractivity contribution in [2.24, 2.45) is 0 Å². The number of ketones is 1. The van der Waals surface area contributed by atoms with E-state index < -0.39 is 0 Å². The lowest BCUT2D eigenvalue weighted by molar-refractivity contribution is -0.118. The summed E-state index contributed by atoms with van der Waals surface area (Å²) >= 11 is 0. The molecule has 124 valence electrons. The van der Waals surface area contributed by atoms with Crippen LogP contribution in [0.1, 0.15) is 60.9 Å². The van der Waals surface area contributed by atoms with Gasteiger partial charge in [-0.15, -0.1) is 0 Å². The van der Waals surface area contributed by atoms with Gasteiger partial charge in [0, 0.05) is 24.1 Å². The predicted octanol–water partition coefficient (Wildman–Crippen LogP) is 4.34. The van der Waals surface area contributed by atoms with Crippen LogP contribution < -0.4 is 10.6 Å². The molecule has 0 spiro atoms. The zero-order valence-corrected chi connectivity index (χ0v) is 14.1. The zero-order valence-electron chi connectivity index (χ0n) is 14.1. The molecule has 2 aromatic carbocycles. The van der Waals surface area contributed by atoms with Crippen molar-refractivity contribution in [1.82, 2.24) is 5.32 Å². The van der Waals surface area contributed by atoms with Crippen LogP contribution in [0.3, 0.4) is 0 Å². The minimum absolute atomic E-state index is 0.282. The number of anilines is 1. The van der Waals surface area contributed by atoms with Gasteiger partial charge in [-0.3, -0.25) is 4.79 Å². The summed E-state index contributed by atoms with van der Waals surface area (Å²) in [5.74, 6) is 0.809. The largest absolute Gasteiger partial charge is 0.377 e.